The monoisotopic (exact) mass is 165 g/mol. The Labute approximate surface area is 77.4 Å². The van der Waals surface area contributed by atoms with E-state index < -0.39 is 0 Å². The lowest BCUT2D eigenvalue weighted by molar-refractivity contribution is 0.676. The Morgan fingerprint density at radius 3 is 2.58 bits per heavy atom. The smallest absolute Gasteiger partial charge is 0.0317 e. The van der Waals surface area contributed by atoms with Gasteiger partial charge in [0.1, 0.15) is 0 Å². The van der Waals surface area contributed by atoms with Gasteiger partial charge in [-0.3, -0.25) is 0 Å². The van der Waals surface area contributed by atoms with Crippen LogP contribution in [-0.4, -0.2) is 0 Å². The Bertz CT molecular complexity index is 131. The molecular formula is C12H21. The van der Waals surface area contributed by atoms with Gasteiger partial charge in [0.25, 0.3) is 0 Å². The molecule has 0 nitrogen and oxygen atoms in total. The van der Waals surface area contributed by atoms with E-state index in [1.807, 2.05) is 0 Å². The molecule has 0 aromatic carbocycles. The fraction of sp³-hybridized carbons (Fsp3) is 0.667. The lowest BCUT2D eigenvalue weighted by atomic mass is 10.1. The van der Waals surface area contributed by atoms with Gasteiger partial charge < -0.3 is 0 Å². The topological polar surface area (TPSA) is 0 Å². The second kappa shape index (κ2) is 8.58. The van der Waals surface area contributed by atoms with Crippen molar-refractivity contribution in [3.8, 4) is 0 Å². The molecule has 0 amide bonds. The van der Waals surface area contributed by atoms with E-state index >= 15 is 0 Å². The van der Waals surface area contributed by atoms with Gasteiger partial charge in [0.15, 0.2) is 0 Å². The molecule has 1 radical (unpaired) electrons. The Morgan fingerprint density at radius 1 is 1.25 bits per heavy atom. The summed E-state index contributed by atoms with van der Waals surface area (Å²) in [6, 6.07) is 0. The molecule has 0 aromatic heterocycles. The van der Waals surface area contributed by atoms with Crippen LogP contribution in [0.15, 0.2) is 17.7 Å². The zero-order chi connectivity index (χ0) is 9.23. The molecule has 0 unspecified atom stereocenters. The van der Waals surface area contributed by atoms with E-state index in [1.165, 1.54) is 25.7 Å². The molecule has 0 N–H and O–H groups in total. The summed E-state index contributed by atoms with van der Waals surface area (Å²) < 4.78 is 0. The SMILES string of the molecule is [CH]=C(CC)CCCCC/C=C/C. The van der Waals surface area contributed by atoms with Crippen LogP contribution in [0, 0.1) is 6.58 Å². The fourth-order valence-electron chi connectivity index (χ4n) is 1.13. The highest BCUT2D eigenvalue weighted by atomic mass is 14.0. The van der Waals surface area contributed by atoms with Crippen LogP contribution in [0.5, 0.6) is 0 Å². The number of rotatable bonds is 7. The molecule has 12 heavy (non-hydrogen) atoms. The summed E-state index contributed by atoms with van der Waals surface area (Å²) in [6.45, 7) is 9.91. The van der Waals surface area contributed by atoms with Gasteiger partial charge in [-0.05, 0) is 39.0 Å². The average Bonchev–Trinajstić information content (AvgIpc) is 2.10. The Balaban J connectivity index is 3.05. The molecular weight excluding hydrogens is 144 g/mol. The van der Waals surface area contributed by atoms with Gasteiger partial charge in [-0.25, -0.2) is 0 Å². The zero-order valence-corrected chi connectivity index (χ0v) is 8.47. The van der Waals surface area contributed by atoms with Crippen LogP contribution in [0.1, 0.15) is 52.4 Å². The van der Waals surface area contributed by atoms with Gasteiger partial charge in [-0.1, -0.05) is 37.6 Å². The summed E-state index contributed by atoms with van der Waals surface area (Å²) in [7, 11) is 0. The van der Waals surface area contributed by atoms with Gasteiger partial charge in [-0.2, -0.15) is 0 Å². The lowest BCUT2D eigenvalue weighted by Gasteiger charge is -2.00. The normalized spacial score (nSPS) is 10.8. The number of unbranched alkanes of at least 4 members (excludes halogenated alkanes) is 3. The quantitative estimate of drug-likeness (QED) is 0.390. The summed E-state index contributed by atoms with van der Waals surface area (Å²) in [5.41, 5.74) is 1.15. The second-order valence-electron chi connectivity index (χ2n) is 3.18. The highest BCUT2D eigenvalue weighted by molar-refractivity contribution is 4.88. The van der Waals surface area contributed by atoms with Crippen molar-refractivity contribution in [3.63, 3.8) is 0 Å². The molecule has 0 fully saturated rings. The molecule has 0 rings (SSSR count). The Kier molecular flexibility index (Phi) is 8.20. The van der Waals surface area contributed by atoms with Gasteiger partial charge >= 0.3 is 0 Å². The van der Waals surface area contributed by atoms with Crippen molar-refractivity contribution in [1.82, 2.24) is 0 Å². The largest absolute Gasteiger partial charge is 0.0917 e. The van der Waals surface area contributed by atoms with E-state index in [-0.39, 0.29) is 0 Å². The predicted octanol–water partition coefficient (Wildman–Crippen LogP) is 4.28. The standard InChI is InChI=1S/C12H21/c1-4-6-7-8-9-10-11-12(3)5-2/h3-4,6H,5,7-11H2,1-2H3/b6-4+,12-3?. The lowest BCUT2D eigenvalue weighted by Crippen LogP contribution is -1.80. The molecule has 0 atom stereocenters. The second-order valence-corrected chi connectivity index (χ2v) is 3.18. The predicted molar refractivity (Wildman–Crippen MR) is 56.0 cm³/mol. The average molecular weight is 165 g/mol. The van der Waals surface area contributed by atoms with Crippen LogP contribution in [0.3, 0.4) is 0 Å². The van der Waals surface area contributed by atoms with Gasteiger partial charge in [-0.15, -0.1) is 0 Å². The third-order valence-electron chi connectivity index (χ3n) is 2.06. The zero-order valence-electron chi connectivity index (χ0n) is 8.47. The van der Waals surface area contributed by atoms with Crippen LogP contribution >= 0.6 is 0 Å². The van der Waals surface area contributed by atoms with Crippen LogP contribution in [-0.2, 0) is 0 Å². The van der Waals surface area contributed by atoms with Gasteiger partial charge in [0, 0.05) is 0 Å². The van der Waals surface area contributed by atoms with Crippen molar-refractivity contribution >= 4 is 0 Å². The molecule has 0 saturated heterocycles. The van der Waals surface area contributed by atoms with Gasteiger partial charge in [0.05, 0.1) is 0 Å². The number of allylic oxidation sites excluding steroid dienone is 3. The summed E-state index contributed by atoms with van der Waals surface area (Å²) in [5.74, 6) is 0. The maximum atomic E-state index is 5.72. The molecule has 0 aliphatic rings. The molecule has 0 aromatic rings. The summed E-state index contributed by atoms with van der Waals surface area (Å²) in [5, 5.41) is 0. The highest BCUT2D eigenvalue weighted by Gasteiger charge is 1.91. The van der Waals surface area contributed by atoms with Crippen molar-refractivity contribution in [2.45, 2.75) is 52.4 Å². The number of hydrogen-bond donors (Lipinski definition) is 0. The summed E-state index contributed by atoms with van der Waals surface area (Å²) in [6.07, 6.45) is 11.6. The first-order valence-corrected chi connectivity index (χ1v) is 5.02. The molecule has 0 saturated carbocycles. The molecule has 0 aliphatic heterocycles. The first-order chi connectivity index (χ1) is 5.81. The minimum atomic E-state index is 1.04. The molecule has 0 spiro atoms. The molecule has 0 heteroatoms. The Hall–Kier alpha value is -0.520. The summed E-state index contributed by atoms with van der Waals surface area (Å²) in [4.78, 5) is 0. The highest BCUT2D eigenvalue weighted by Crippen LogP contribution is 2.10. The van der Waals surface area contributed by atoms with E-state index in [2.05, 4.69) is 26.0 Å². The van der Waals surface area contributed by atoms with Crippen molar-refractivity contribution in [2.75, 3.05) is 0 Å². The van der Waals surface area contributed by atoms with E-state index in [4.69, 9.17) is 6.58 Å². The Morgan fingerprint density at radius 2 is 2.00 bits per heavy atom. The van der Waals surface area contributed by atoms with Crippen LogP contribution < -0.4 is 0 Å². The molecule has 69 valence electrons. The maximum Gasteiger partial charge on any atom is -0.0317 e. The minimum absolute atomic E-state index is 1.04. The van der Waals surface area contributed by atoms with E-state index in [9.17, 15) is 0 Å². The van der Waals surface area contributed by atoms with Crippen LogP contribution in [0.2, 0.25) is 0 Å². The van der Waals surface area contributed by atoms with Crippen molar-refractivity contribution in [3.05, 3.63) is 24.3 Å². The van der Waals surface area contributed by atoms with Crippen molar-refractivity contribution in [2.24, 2.45) is 0 Å². The van der Waals surface area contributed by atoms with E-state index in [0.29, 0.717) is 0 Å². The first kappa shape index (κ1) is 11.5. The minimum Gasteiger partial charge on any atom is -0.0917 e. The van der Waals surface area contributed by atoms with E-state index in [1.54, 1.807) is 0 Å². The van der Waals surface area contributed by atoms with E-state index in [0.717, 1.165) is 18.4 Å². The van der Waals surface area contributed by atoms with Crippen molar-refractivity contribution < 1.29 is 0 Å². The van der Waals surface area contributed by atoms with Gasteiger partial charge in [0.2, 0.25) is 0 Å². The third kappa shape index (κ3) is 7.59. The third-order valence-corrected chi connectivity index (χ3v) is 2.06. The first-order valence-electron chi connectivity index (χ1n) is 5.02. The summed E-state index contributed by atoms with van der Waals surface area (Å²) >= 11 is 0. The van der Waals surface area contributed by atoms with Crippen LogP contribution in [0.25, 0.3) is 0 Å². The molecule has 0 heterocycles. The van der Waals surface area contributed by atoms with Crippen molar-refractivity contribution in [1.29, 1.82) is 0 Å². The number of hydrogen-bond acceptors (Lipinski definition) is 0. The molecule has 0 aliphatic carbocycles. The molecule has 0 bridgehead atoms. The fourth-order valence-corrected chi connectivity index (χ4v) is 1.13. The van der Waals surface area contributed by atoms with Crippen LogP contribution in [0.4, 0.5) is 0 Å². The maximum absolute atomic E-state index is 5.72.